The van der Waals surface area contributed by atoms with Crippen LogP contribution in [0.5, 0.6) is 0 Å². The molecule has 23 heavy (non-hydrogen) atoms. The molecule has 0 saturated carbocycles. The molecule has 0 saturated heterocycles. The molecule has 2 N–H and O–H groups in total. The molecule has 1 aromatic heterocycles. The molecule has 0 aliphatic heterocycles. The number of hydrogen-bond acceptors (Lipinski definition) is 2. The average Bonchev–Trinajstić information content (AvgIpc) is 3.01. The third kappa shape index (κ3) is 3.50. The number of aromatic amines is 1. The highest BCUT2D eigenvalue weighted by atomic mass is 35.5. The number of imidazole rings is 1. The standard InChI is InChI=1S/C16H10Cl3N3O/c17-10-5-12(18)15(13(19)6-10)16(23)22-11-3-1-9(2-4-11)14-7-20-8-21-14/h1-8H,(H,20,21)(H,22,23). The molecule has 2 aromatic carbocycles. The summed E-state index contributed by atoms with van der Waals surface area (Å²) in [5.41, 5.74) is 2.67. The van der Waals surface area contributed by atoms with Crippen molar-refractivity contribution in [3.05, 3.63) is 69.6 Å². The summed E-state index contributed by atoms with van der Waals surface area (Å²) in [6.45, 7) is 0. The first-order valence-corrected chi connectivity index (χ1v) is 7.72. The van der Waals surface area contributed by atoms with Gasteiger partial charge in [-0.15, -0.1) is 0 Å². The number of carbonyl (C=O) groups is 1. The lowest BCUT2D eigenvalue weighted by molar-refractivity contribution is 0.102. The molecular weight excluding hydrogens is 357 g/mol. The summed E-state index contributed by atoms with van der Waals surface area (Å²) in [5.74, 6) is -0.397. The molecule has 0 radical (unpaired) electrons. The van der Waals surface area contributed by atoms with Crippen molar-refractivity contribution in [3.63, 3.8) is 0 Å². The summed E-state index contributed by atoms with van der Waals surface area (Å²) in [6, 6.07) is 10.3. The van der Waals surface area contributed by atoms with Crippen LogP contribution in [0.3, 0.4) is 0 Å². The van der Waals surface area contributed by atoms with Crippen molar-refractivity contribution >= 4 is 46.4 Å². The van der Waals surface area contributed by atoms with Crippen molar-refractivity contribution in [2.75, 3.05) is 5.32 Å². The lowest BCUT2D eigenvalue weighted by atomic mass is 10.1. The maximum absolute atomic E-state index is 12.3. The van der Waals surface area contributed by atoms with Gasteiger partial charge in [-0.1, -0.05) is 46.9 Å². The molecule has 116 valence electrons. The molecular formula is C16H10Cl3N3O. The first kappa shape index (κ1) is 15.9. The van der Waals surface area contributed by atoms with Crippen LogP contribution in [0.2, 0.25) is 15.1 Å². The van der Waals surface area contributed by atoms with Gasteiger partial charge in [0.15, 0.2) is 0 Å². The monoisotopic (exact) mass is 365 g/mol. The van der Waals surface area contributed by atoms with Crippen LogP contribution >= 0.6 is 34.8 Å². The number of aromatic nitrogens is 2. The van der Waals surface area contributed by atoms with Gasteiger partial charge in [0.25, 0.3) is 5.91 Å². The number of rotatable bonds is 3. The summed E-state index contributed by atoms with van der Waals surface area (Å²) >= 11 is 17.9. The predicted octanol–water partition coefficient (Wildman–Crippen LogP) is 5.29. The topological polar surface area (TPSA) is 57.8 Å². The van der Waals surface area contributed by atoms with E-state index in [-0.39, 0.29) is 15.6 Å². The minimum atomic E-state index is -0.397. The van der Waals surface area contributed by atoms with Crippen molar-refractivity contribution in [3.8, 4) is 11.3 Å². The summed E-state index contributed by atoms with van der Waals surface area (Å²) in [7, 11) is 0. The van der Waals surface area contributed by atoms with Gasteiger partial charge in [-0.3, -0.25) is 4.79 Å². The average molecular weight is 367 g/mol. The van der Waals surface area contributed by atoms with Crippen LogP contribution < -0.4 is 5.32 Å². The summed E-state index contributed by atoms with van der Waals surface area (Å²) in [5, 5.41) is 3.54. The molecule has 0 atom stereocenters. The van der Waals surface area contributed by atoms with Crippen LogP contribution in [0.1, 0.15) is 10.4 Å². The molecule has 0 spiro atoms. The highest BCUT2D eigenvalue weighted by Gasteiger charge is 2.16. The smallest absolute Gasteiger partial charge is 0.258 e. The van der Waals surface area contributed by atoms with E-state index in [9.17, 15) is 4.79 Å². The molecule has 3 rings (SSSR count). The Morgan fingerprint density at radius 2 is 1.70 bits per heavy atom. The normalized spacial score (nSPS) is 10.6. The zero-order valence-corrected chi connectivity index (χ0v) is 13.9. The van der Waals surface area contributed by atoms with Gasteiger partial charge in [0.1, 0.15) is 0 Å². The molecule has 0 unspecified atom stereocenters. The summed E-state index contributed by atoms with van der Waals surface area (Å²) < 4.78 is 0. The molecule has 3 aromatic rings. The van der Waals surface area contributed by atoms with E-state index in [0.29, 0.717) is 10.7 Å². The first-order valence-electron chi connectivity index (χ1n) is 6.59. The Hall–Kier alpha value is -2.01. The van der Waals surface area contributed by atoms with Gasteiger partial charge in [-0.25, -0.2) is 4.98 Å². The van der Waals surface area contributed by atoms with E-state index in [1.807, 2.05) is 12.1 Å². The van der Waals surface area contributed by atoms with E-state index in [1.165, 1.54) is 12.1 Å². The molecule has 4 nitrogen and oxygen atoms in total. The van der Waals surface area contributed by atoms with Gasteiger partial charge < -0.3 is 10.3 Å². The van der Waals surface area contributed by atoms with Crippen LogP contribution in [0.25, 0.3) is 11.3 Å². The molecule has 1 amide bonds. The number of nitrogens with zero attached hydrogens (tertiary/aromatic N) is 1. The van der Waals surface area contributed by atoms with Gasteiger partial charge in [0.2, 0.25) is 0 Å². The van der Waals surface area contributed by atoms with Crippen LogP contribution in [0.4, 0.5) is 5.69 Å². The second-order valence-electron chi connectivity index (χ2n) is 4.74. The Balaban J connectivity index is 1.81. The zero-order chi connectivity index (χ0) is 16.4. The Kier molecular flexibility index (Phi) is 4.57. The second kappa shape index (κ2) is 6.62. The first-order chi connectivity index (χ1) is 11.0. The van der Waals surface area contributed by atoms with E-state index in [1.54, 1.807) is 24.7 Å². The molecule has 0 fully saturated rings. The summed E-state index contributed by atoms with van der Waals surface area (Å²) in [6.07, 6.45) is 3.33. The summed E-state index contributed by atoms with van der Waals surface area (Å²) in [4.78, 5) is 19.3. The Labute approximate surface area is 147 Å². The van der Waals surface area contributed by atoms with E-state index in [2.05, 4.69) is 15.3 Å². The maximum atomic E-state index is 12.3. The minimum Gasteiger partial charge on any atom is -0.345 e. The Morgan fingerprint density at radius 3 is 2.26 bits per heavy atom. The van der Waals surface area contributed by atoms with Crippen molar-refractivity contribution in [1.29, 1.82) is 0 Å². The lowest BCUT2D eigenvalue weighted by Crippen LogP contribution is -2.13. The van der Waals surface area contributed by atoms with Gasteiger partial charge in [-0.05, 0) is 29.8 Å². The minimum absolute atomic E-state index is 0.190. The molecule has 0 aliphatic rings. The molecule has 1 heterocycles. The highest BCUT2D eigenvalue weighted by molar-refractivity contribution is 6.42. The maximum Gasteiger partial charge on any atom is 0.258 e. The number of amides is 1. The largest absolute Gasteiger partial charge is 0.345 e. The fourth-order valence-electron chi connectivity index (χ4n) is 2.10. The van der Waals surface area contributed by atoms with Gasteiger partial charge >= 0.3 is 0 Å². The second-order valence-corrected chi connectivity index (χ2v) is 5.99. The fraction of sp³-hybridized carbons (Fsp3) is 0. The predicted molar refractivity (Wildman–Crippen MR) is 93.4 cm³/mol. The van der Waals surface area contributed by atoms with Crippen LogP contribution in [0.15, 0.2) is 48.9 Å². The lowest BCUT2D eigenvalue weighted by Gasteiger charge is -2.09. The number of carbonyl (C=O) groups excluding carboxylic acids is 1. The van der Waals surface area contributed by atoms with Crippen LogP contribution in [-0.2, 0) is 0 Å². The van der Waals surface area contributed by atoms with Crippen LogP contribution in [0, 0.1) is 0 Å². The SMILES string of the molecule is O=C(Nc1ccc(-c2cnc[nH]2)cc1)c1c(Cl)cc(Cl)cc1Cl. The fourth-order valence-corrected chi connectivity index (χ4v) is 3.09. The Morgan fingerprint density at radius 1 is 1.04 bits per heavy atom. The molecule has 0 bridgehead atoms. The highest BCUT2D eigenvalue weighted by Crippen LogP contribution is 2.30. The molecule has 0 aliphatic carbocycles. The number of benzene rings is 2. The van der Waals surface area contributed by atoms with Crippen molar-refractivity contribution in [2.24, 2.45) is 0 Å². The van der Waals surface area contributed by atoms with Gasteiger partial charge in [0.05, 0.1) is 33.8 Å². The van der Waals surface area contributed by atoms with Crippen LogP contribution in [-0.4, -0.2) is 15.9 Å². The number of H-pyrrole nitrogens is 1. The van der Waals surface area contributed by atoms with Crippen molar-refractivity contribution in [1.82, 2.24) is 9.97 Å². The van der Waals surface area contributed by atoms with E-state index < -0.39 is 5.91 Å². The zero-order valence-electron chi connectivity index (χ0n) is 11.6. The van der Waals surface area contributed by atoms with Gasteiger partial charge in [0, 0.05) is 10.7 Å². The Bertz CT molecular complexity index is 823. The third-order valence-electron chi connectivity index (χ3n) is 3.19. The van der Waals surface area contributed by atoms with Crippen molar-refractivity contribution < 1.29 is 4.79 Å². The van der Waals surface area contributed by atoms with E-state index in [0.717, 1.165) is 11.3 Å². The number of nitrogens with one attached hydrogen (secondary N) is 2. The number of anilines is 1. The van der Waals surface area contributed by atoms with Crippen molar-refractivity contribution in [2.45, 2.75) is 0 Å². The van der Waals surface area contributed by atoms with Gasteiger partial charge in [-0.2, -0.15) is 0 Å². The quantitative estimate of drug-likeness (QED) is 0.661. The van der Waals surface area contributed by atoms with E-state index >= 15 is 0 Å². The number of hydrogen-bond donors (Lipinski definition) is 2. The van der Waals surface area contributed by atoms with E-state index in [4.69, 9.17) is 34.8 Å². The molecule has 7 heteroatoms. The third-order valence-corrected chi connectivity index (χ3v) is 4.00. The number of halogens is 3.